The summed E-state index contributed by atoms with van der Waals surface area (Å²) in [6, 6.07) is 7.85. The number of nitrogens with one attached hydrogen (secondary N) is 1. The lowest BCUT2D eigenvalue weighted by Crippen LogP contribution is -2.35. The van der Waals surface area contributed by atoms with Gasteiger partial charge in [0.25, 0.3) is 0 Å². The highest BCUT2D eigenvalue weighted by atomic mass is 16.3. The van der Waals surface area contributed by atoms with E-state index in [4.69, 9.17) is 5.11 Å². The molecule has 1 heterocycles. The summed E-state index contributed by atoms with van der Waals surface area (Å²) in [5, 5.41) is 20.7. The van der Waals surface area contributed by atoms with Crippen LogP contribution in [-0.2, 0) is 19.7 Å². The number of nitrogens with zero attached hydrogens (tertiary/aromatic N) is 3. The smallest absolute Gasteiger partial charge is 0.0965 e. The van der Waals surface area contributed by atoms with Crippen molar-refractivity contribution in [2.45, 2.75) is 46.0 Å². The van der Waals surface area contributed by atoms with Crippen molar-refractivity contribution >= 4 is 0 Å². The maximum Gasteiger partial charge on any atom is 0.0965 e. The Morgan fingerprint density at radius 1 is 1.15 bits per heavy atom. The van der Waals surface area contributed by atoms with Crippen molar-refractivity contribution in [3.05, 3.63) is 47.3 Å². The minimum Gasteiger partial charge on any atom is -0.392 e. The molecule has 5 heteroatoms. The molecule has 20 heavy (non-hydrogen) atoms. The fraction of sp³-hybridized carbons (Fsp3) is 0.467. The molecule has 0 radical (unpaired) electrons. The lowest BCUT2D eigenvalue weighted by atomic mass is 10.1. The second kappa shape index (κ2) is 6.15. The van der Waals surface area contributed by atoms with Gasteiger partial charge in [-0.3, -0.25) is 0 Å². The van der Waals surface area contributed by atoms with Crippen molar-refractivity contribution in [3.63, 3.8) is 0 Å². The summed E-state index contributed by atoms with van der Waals surface area (Å²) in [5.74, 6) is 0. The fourth-order valence-electron chi connectivity index (χ4n) is 1.79. The summed E-state index contributed by atoms with van der Waals surface area (Å²) < 4.78 is 1.83. The Labute approximate surface area is 119 Å². The molecule has 2 rings (SSSR count). The first-order valence-electron chi connectivity index (χ1n) is 6.79. The minimum atomic E-state index is 0.0733. The second-order valence-corrected chi connectivity index (χ2v) is 5.99. The molecule has 1 aromatic carbocycles. The van der Waals surface area contributed by atoms with E-state index < -0.39 is 0 Å². The van der Waals surface area contributed by atoms with Crippen molar-refractivity contribution in [1.29, 1.82) is 0 Å². The van der Waals surface area contributed by atoms with Crippen LogP contribution in [0.5, 0.6) is 0 Å². The first-order valence-corrected chi connectivity index (χ1v) is 6.79. The maximum atomic E-state index is 9.01. The summed E-state index contributed by atoms with van der Waals surface area (Å²) in [7, 11) is 0. The predicted octanol–water partition coefficient (Wildman–Crippen LogP) is 1.71. The van der Waals surface area contributed by atoms with Gasteiger partial charge in [-0.2, -0.15) is 0 Å². The predicted molar refractivity (Wildman–Crippen MR) is 78.1 cm³/mol. The van der Waals surface area contributed by atoms with Crippen molar-refractivity contribution in [1.82, 2.24) is 20.3 Å². The highest BCUT2D eigenvalue weighted by molar-refractivity contribution is 5.22. The highest BCUT2D eigenvalue weighted by Crippen LogP contribution is 2.07. The lowest BCUT2D eigenvalue weighted by molar-refractivity contribution is 0.282. The lowest BCUT2D eigenvalue weighted by Gasteiger charge is -2.19. The fourth-order valence-corrected chi connectivity index (χ4v) is 1.79. The average molecular weight is 274 g/mol. The van der Waals surface area contributed by atoms with Gasteiger partial charge in [0.1, 0.15) is 0 Å². The van der Waals surface area contributed by atoms with E-state index in [1.54, 1.807) is 0 Å². The normalized spacial score (nSPS) is 11.8. The van der Waals surface area contributed by atoms with Crippen LogP contribution in [0.1, 0.15) is 37.6 Å². The van der Waals surface area contributed by atoms with E-state index >= 15 is 0 Å². The van der Waals surface area contributed by atoms with E-state index in [1.165, 1.54) is 0 Å². The van der Waals surface area contributed by atoms with Crippen LogP contribution in [0.15, 0.2) is 30.5 Å². The number of rotatable bonds is 5. The van der Waals surface area contributed by atoms with Gasteiger partial charge in [0.15, 0.2) is 0 Å². The van der Waals surface area contributed by atoms with Crippen molar-refractivity contribution in [2.75, 3.05) is 0 Å². The molecule has 5 nitrogen and oxygen atoms in total. The van der Waals surface area contributed by atoms with Crippen LogP contribution in [0.4, 0.5) is 0 Å². The van der Waals surface area contributed by atoms with Gasteiger partial charge in [-0.15, -0.1) is 5.10 Å². The van der Waals surface area contributed by atoms with E-state index in [9.17, 15) is 0 Å². The summed E-state index contributed by atoms with van der Waals surface area (Å²) >= 11 is 0. The van der Waals surface area contributed by atoms with Crippen LogP contribution in [-0.4, -0.2) is 25.6 Å². The minimum absolute atomic E-state index is 0.0733. The number of hydrogen-bond acceptors (Lipinski definition) is 4. The molecule has 0 saturated carbocycles. The molecule has 0 spiro atoms. The van der Waals surface area contributed by atoms with Gasteiger partial charge >= 0.3 is 0 Å². The number of aromatic nitrogens is 3. The Morgan fingerprint density at radius 2 is 1.80 bits per heavy atom. The van der Waals surface area contributed by atoms with Crippen molar-refractivity contribution in [2.24, 2.45) is 0 Å². The molecule has 0 unspecified atom stereocenters. The number of benzene rings is 1. The van der Waals surface area contributed by atoms with Gasteiger partial charge < -0.3 is 10.4 Å². The van der Waals surface area contributed by atoms with E-state index in [2.05, 4.69) is 36.4 Å². The van der Waals surface area contributed by atoms with Gasteiger partial charge in [-0.1, -0.05) is 29.5 Å². The van der Waals surface area contributed by atoms with Gasteiger partial charge in [-0.05, 0) is 31.9 Å². The third-order valence-electron chi connectivity index (χ3n) is 2.94. The standard InChI is InChI=1S/C15H22N4O/c1-15(2,3)16-8-14-10-19(18-17-14)9-12-4-6-13(11-20)7-5-12/h4-7,10,16,20H,8-9,11H2,1-3H3. The Balaban J connectivity index is 1.94. The molecule has 108 valence electrons. The SMILES string of the molecule is CC(C)(C)NCc1cn(Cc2ccc(CO)cc2)nn1. The summed E-state index contributed by atoms with van der Waals surface area (Å²) in [4.78, 5) is 0. The molecule has 0 saturated heterocycles. The van der Waals surface area contributed by atoms with Crippen molar-refractivity contribution < 1.29 is 5.11 Å². The van der Waals surface area contributed by atoms with E-state index in [1.807, 2.05) is 35.1 Å². The molecule has 0 fully saturated rings. The van der Waals surface area contributed by atoms with Crippen LogP contribution >= 0.6 is 0 Å². The van der Waals surface area contributed by atoms with Crippen LogP contribution in [0.25, 0.3) is 0 Å². The molecule has 0 amide bonds. The molecule has 2 aromatic rings. The van der Waals surface area contributed by atoms with E-state index in [0.29, 0.717) is 13.1 Å². The summed E-state index contributed by atoms with van der Waals surface area (Å²) in [6.45, 7) is 7.85. The molecule has 0 aliphatic heterocycles. The van der Waals surface area contributed by atoms with Crippen LogP contribution in [0.2, 0.25) is 0 Å². The average Bonchev–Trinajstić information content (AvgIpc) is 2.84. The third-order valence-corrected chi connectivity index (χ3v) is 2.94. The Kier molecular flexibility index (Phi) is 4.52. The number of aliphatic hydroxyl groups excluding tert-OH is 1. The Morgan fingerprint density at radius 3 is 2.40 bits per heavy atom. The molecule has 0 bridgehead atoms. The molecule has 0 atom stereocenters. The molecule has 0 aliphatic carbocycles. The Bertz CT molecular complexity index is 540. The molecule has 0 aliphatic rings. The molecular formula is C15H22N4O. The highest BCUT2D eigenvalue weighted by Gasteiger charge is 2.10. The topological polar surface area (TPSA) is 63.0 Å². The largest absolute Gasteiger partial charge is 0.392 e. The summed E-state index contributed by atoms with van der Waals surface area (Å²) in [5.41, 5.74) is 3.07. The van der Waals surface area contributed by atoms with E-state index in [-0.39, 0.29) is 12.1 Å². The zero-order valence-electron chi connectivity index (χ0n) is 12.3. The van der Waals surface area contributed by atoms with Gasteiger partial charge in [0.2, 0.25) is 0 Å². The summed E-state index contributed by atoms with van der Waals surface area (Å²) in [6.07, 6.45) is 1.96. The second-order valence-electron chi connectivity index (χ2n) is 5.99. The zero-order valence-corrected chi connectivity index (χ0v) is 12.3. The quantitative estimate of drug-likeness (QED) is 0.871. The molecule has 1 aromatic heterocycles. The number of hydrogen-bond donors (Lipinski definition) is 2. The molecular weight excluding hydrogens is 252 g/mol. The van der Waals surface area contributed by atoms with Crippen LogP contribution in [0, 0.1) is 0 Å². The van der Waals surface area contributed by atoms with Gasteiger partial charge in [0, 0.05) is 12.1 Å². The first kappa shape index (κ1) is 14.7. The maximum absolute atomic E-state index is 9.01. The van der Waals surface area contributed by atoms with Crippen LogP contribution in [0.3, 0.4) is 0 Å². The monoisotopic (exact) mass is 274 g/mol. The first-order chi connectivity index (χ1) is 9.46. The number of aliphatic hydroxyl groups is 1. The Hall–Kier alpha value is -1.72. The molecule has 2 N–H and O–H groups in total. The van der Waals surface area contributed by atoms with Crippen LogP contribution < -0.4 is 5.32 Å². The van der Waals surface area contributed by atoms with E-state index in [0.717, 1.165) is 16.8 Å². The third kappa shape index (κ3) is 4.43. The van der Waals surface area contributed by atoms with Gasteiger partial charge in [-0.25, -0.2) is 4.68 Å². The van der Waals surface area contributed by atoms with Gasteiger partial charge in [0.05, 0.1) is 25.0 Å². The zero-order chi connectivity index (χ0) is 14.6. The van der Waals surface area contributed by atoms with Crippen molar-refractivity contribution in [3.8, 4) is 0 Å².